The predicted molar refractivity (Wildman–Crippen MR) is 159 cm³/mol. The van der Waals surface area contributed by atoms with Crippen molar-refractivity contribution in [2.45, 2.75) is 43.5 Å². The third-order valence-electron chi connectivity index (χ3n) is 9.45. The van der Waals surface area contributed by atoms with Crippen molar-refractivity contribution >= 4 is 11.3 Å². The van der Waals surface area contributed by atoms with Gasteiger partial charge in [0.1, 0.15) is 24.2 Å². The molecule has 3 aromatic heterocycles. The first-order chi connectivity index (χ1) is 20.7. The molecule has 0 radical (unpaired) electrons. The molecule has 9 rings (SSSR count). The summed E-state index contributed by atoms with van der Waals surface area (Å²) in [7, 11) is 0. The van der Waals surface area contributed by atoms with Crippen molar-refractivity contribution in [2.75, 3.05) is 50.8 Å². The molecular weight excluding hydrogens is 526 g/mol. The van der Waals surface area contributed by atoms with E-state index in [9.17, 15) is 5.26 Å². The number of aromatic nitrogens is 3. The Hall–Kier alpha value is -3.97. The molecule has 2 unspecified atom stereocenters. The normalized spacial score (nSPS) is 23.1. The van der Waals surface area contributed by atoms with E-state index >= 15 is 0 Å². The topological polar surface area (TPSA) is 82.2 Å². The van der Waals surface area contributed by atoms with Gasteiger partial charge >= 0.3 is 0 Å². The van der Waals surface area contributed by atoms with Crippen molar-refractivity contribution in [1.29, 1.82) is 5.26 Å². The van der Waals surface area contributed by atoms with E-state index in [1.165, 1.54) is 24.8 Å². The summed E-state index contributed by atoms with van der Waals surface area (Å²) in [5.41, 5.74) is 4.66. The number of ether oxygens (including phenoxy) is 2. The number of piperidine rings is 1. The molecule has 2 atom stereocenters. The van der Waals surface area contributed by atoms with Crippen LogP contribution >= 0.6 is 0 Å². The van der Waals surface area contributed by atoms with Crippen molar-refractivity contribution in [3.05, 3.63) is 78.2 Å². The fourth-order valence-corrected chi connectivity index (χ4v) is 6.99. The number of anilines is 1. The zero-order valence-corrected chi connectivity index (χ0v) is 23.7. The second-order valence-electron chi connectivity index (χ2n) is 12.2. The molecule has 5 fully saturated rings. The molecule has 1 aliphatic carbocycles. The molecule has 42 heavy (non-hydrogen) atoms. The third-order valence-corrected chi connectivity index (χ3v) is 9.45. The van der Waals surface area contributed by atoms with Gasteiger partial charge in [0, 0.05) is 68.7 Å². The van der Waals surface area contributed by atoms with Gasteiger partial charge in [0.25, 0.3) is 0 Å². The zero-order chi connectivity index (χ0) is 28.1. The Morgan fingerprint density at radius 3 is 2.69 bits per heavy atom. The molecule has 1 spiro atoms. The number of piperazine rings is 1. The van der Waals surface area contributed by atoms with Crippen LogP contribution in [0.2, 0.25) is 0 Å². The monoisotopic (exact) mass is 561 g/mol. The summed E-state index contributed by atoms with van der Waals surface area (Å²) in [4.78, 5) is 12.4. The van der Waals surface area contributed by atoms with E-state index in [1.54, 1.807) is 10.7 Å². The number of fused-ring (bicyclic) bond motifs is 3. The van der Waals surface area contributed by atoms with Crippen LogP contribution in [0.1, 0.15) is 30.4 Å². The first kappa shape index (κ1) is 25.7. The van der Waals surface area contributed by atoms with Gasteiger partial charge < -0.3 is 14.4 Å². The molecule has 1 aromatic carbocycles. The Morgan fingerprint density at radius 2 is 1.93 bits per heavy atom. The van der Waals surface area contributed by atoms with E-state index in [-0.39, 0.29) is 5.60 Å². The van der Waals surface area contributed by atoms with Gasteiger partial charge in [0.2, 0.25) is 0 Å². The number of hydrogen-bond donors (Lipinski definition) is 0. The first-order valence-corrected chi connectivity index (χ1v) is 15.1. The minimum absolute atomic E-state index is 0.114. The number of hydrogen-bond acceptors (Lipinski definition) is 8. The second kappa shape index (κ2) is 10.4. The average Bonchev–Trinajstić information content (AvgIpc) is 3.64. The summed E-state index contributed by atoms with van der Waals surface area (Å²) in [6.07, 6.45) is 9.01. The highest BCUT2D eigenvalue weighted by Gasteiger charge is 2.47. The largest absolute Gasteiger partial charge is 0.491 e. The third kappa shape index (κ3) is 4.79. The van der Waals surface area contributed by atoms with Crippen LogP contribution in [0.5, 0.6) is 5.75 Å². The lowest BCUT2D eigenvalue weighted by atomic mass is 9.86. The minimum Gasteiger partial charge on any atom is -0.491 e. The number of nitrogens with zero attached hydrogens (tertiary/aromatic N) is 7. The van der Waals surface area contributed by atoms with Crippen LogP contribution in [-0.2, 0) is 11.3 Å². The summed E-state index contributed by atoms with van der Waals surface area (Å²) in [6.45, 7) is 7.19. The quantitative estimate of drug-likeness (QED) is 0.320. The number of nitriles is 1. The minimum atomic E-state index is 0.114. The Labute approximate surface area is 245 Å². The first-order valence-electron chi connectivity index (χ1n) is 15.1. The molecule has 9 nitrogen and oxygen atoms in total. The van der Waals surface area contributed by atoms with Crippen LogP contribution in [-0.4, -0.2) is 88.0 Å². The van der Waals surface area contributed by atoms with Gasteiger partial charge in [0.15, 0.2) is 0 Å². The van der Waals surface area contributed by atoms with E-state index in [4.69, 9.17) is 14.5 Å². The zero-order valence-electron chi connectivity index (χ0n) is 23.7. The van der Waals surface area contributed by atoms with E-state index in [0.29, 0.717) is 24.3 Å². The molecule has 0 amide bonds. The van der Waals surface area contributed by atoms with Crippen LogP contribution in [0.4, 0.5) is 5.82 Å². The van der Waals surface area contributed by atoms with Crippen molar-refractivity contribution in [3.63, 3.8) is 0 Å². The van der Waals surface area contributed by atoms with Gasteiger partial charge in [-0.1, -0.05) is 30.3 Å². The van der Waals surface area contributed by atoms with E-state index in [0.717, 1.165) is 74.1 Å². The summed E-state index contributed by atoms with van der Waals surface area (Å²) >= 11 is 0. The molecule has 0 N–H and O–H groups in total. The highest BCUT2D eigenvalue weighted by Crippen LogP contribution is 2.42. The van der Waals surface area contributed by atoms with Crippen LogP contribution in [0.3, 0.4) is 0 Å². The van der Waals surface area contributed by atoms with Crippen LogP contribution in [0, 0.1) is 11.3 Å². The number of pyridine rings is 2. The second-order valence-corrected chi connectivity index (χ2v) is 12.2. The van der Waals surface area contributed by atoms with Crippen LogP contribution in [0.15, 0.2) is 67.1 Å². The standard InChI is InChI=1S/C33H35N7O2/c34-16-26-18-36-40-22-29(41-12-10-37-11-13-42-33(23-37)8-9-33)15-30(32(26)40)25-6-7-31(35-17-25)38-20-27-14-28(21-38)39(27)19-24-4-2-1-3-5-24/h1-7,15,17-18,22,27-28H,8-14,19-21,23H2. The predicted octanol–water partition coefficient (Wildman–Crippen LogP) is 3.97. The van der Waals surface area contributed by atoms with Crippen LogP contribution < -0.4 is 9.64 Å². The number of benzene rings is 1. The van der Waals surface area contributed by atoms with Crippen LogP contribution in [0.25, 0.3) is 16.6 Å². The fourth-order valence-electron chi connectivity index (χ4n) is 6.99. The molecule has 214 valence electrons. The molecule has 5 aliphatic rings. The molecular formula is C33H35N7O2. The lowest BCUT2D eigenvalue weighted by Crippen LogP contribution is -2.68. The molecule has 4 saturated heterocycles. The smallest absolute Gasteiger partial charge is 0.138 e. The summed E-state index contributed by atoms with van der Waals surface area (Å²) in [5, 5.41) is 14.2. The van der Waals surface area contributed by atoms with Gasteiger partial charge in [0.05, 0.1) is 35.7 Å². The maximum absolute atomic E-state index is 9.78. The summed E-state index contributed by atoms with van der Waals surface area (Å²) in [6, 6.07) is 20.4. The van der Waals surface area contributed by atoms with Gasteiger partial charge in [-0.2, -0.15) is 10.4 Å². The molecule has 7 heterocycles. The van der Waals surface area contributed by atoms with Crippen molar-refractivity contribution in [1.82, 2.24) is 24.4 Å². The Balaban J connectivity index is 0.972. The van der Waals surface area contributed by atoms with Crippen molar-refractivity contribution < 1.29 is 9.47 Å². The molecule has 4 aromatic rings. The highest BCUT2D eigenvalue weighted by molar-refractivity contribution is 5.85. The average molecular weight is 562 g/mol. The molecule has 4 aliphatic heterocycles. The fraction of sp³-hybridized carbons (Fsp3) is 0.424. The molecule has 2 bridgehead atoms. The highest BCUT2D eigenvalue weighted by atomic mass is 16.5. The van der Waals surface area contributed by atoms with Crippen molar-refractivity contribution in [2.24, 2.45) is 0 Å². The maximum atomic E-state index is 9.78. The Bertz CT molecular complexity index is 1610. The lowest BCUT2D eigenvalue weighted by molar-refractivity contribution is -0.0483. The summed E-state index contributed by atoms with van der Waals surface area (Å²) < 4.78 is 13.9. The molecule has 1 saturated carbocycles. The SMILES string of the molecule is N#Cc1cnn2cc(OCCN3CCOC4(CC4)C3)cc(-c3ccc(N4CC5CC(C4)N5Cc4ccccc4)nc3)c12. The summed E-state index contributed by atoms with van der Waals surface area (Å²) in [5.74, 6) is 1.74. The van der Waals surface area contributed by atoms with Crippen molar-refractivity contribution in [3.8, 4) is 22.9 Å². The maximum Gasteiger partial charge on any atom is 0.138 e. The Morgan fingerprint density at radius 1 is 1.07 bits per heavy atom. The Kier molecular flexibility index (Phi) is 6.36. The van der Waals surface area contributed by atoms with Gasteiger partial charge in [-0.3, -0.25) is 9.80 Å². The lowest BCUT2D eigenvalue weighted by Gasteiger charge is -2.56. The van der Waals surface area contributed by atoms with Gasteiger partial charge in [-0.15, -0.1) is 0 Å². The molecule has 9 heteroatoms. The van der Waals surface area contributed by atoms with E-state index in [1.807, 2.05) is 18.5 Å². The van der Waals surface area contributed by atoms with E-state index in [2.05, 4.69) is 68.3 Å². The van der Waals surface area contributed by atoms with Gasteiger partial charge in [-0.25, -0.2) is 9.50 Å². The van der Waals surface area contributed by atoms with E-state index < -0.39 is 0 Å². The number of morpholine rings is 1. The number of rotatable bonds is 8. The van der Waals surface area contributed by atoms with Gasteiger partial charge in [-0.05, 0) is 43.0 Å².